The van der Waals surface area contributed by atoms with Crippen LogP contribution in [0, 0.1) is 0 Å². The minimum atomic E-state index is -3.42. The molecule has 0 saturated carbocycles. The van der Waals surface area contributed by atoms with Crippen LogP contribution in [0.15, 0.2) is 91.7 Å². The number of anilines is 1. The van der Waals surface area contributed by atoms with Crippen LogP contribution in [-0.4, -0.2) is 25.9 Å². The summed E-state index contributed by atoms with van der Waals surface area (Å²) in [6.45, 7) is 4.05. The SMILES string of the molecule is C=CCNS(=O)(=O)Cc1ccc(NC(=O)/C=C/c2ccc(OCc3ccccn3)cc2)cc1. The Labute approximate surface area is 193 Å². The number of sulfonamides is 1. The van der Waals surface area contributed by atoms with E-state index in [1.807, 2.05) is 42.5 Å². The molecule has 3 rings (SSSR count). The van der Waals surface area contributed by atoms with Crippen LogP contribution in [0.3, 0.4) is 0 Å². The van der Waals surface area contributed by atoms with Gasteiger partial charge < -0.3 is 10.1 Å². The van der Waals surface area contributed by atoms with Crippen LogP contribution in [0.25, 0.3) is 6.08 Å². The molecule has 0 unspecified atom stereocenters. The van der Waals surface area contributed by atoms with Crippen molar-refractivity contribution < 1.29 is 17.9 Å². The Kier molecular flexibility index (Phi) is 8.51. The lowest BCUT2D eigenvalue weighted by molar-refractivity contribution is -0.111. The first-order chi connectivity index (χ1) is 15.9. The molecule has 1 heterocycles. The van der Waals surface area contributed by atoms with Gasteiger partial charge in [0.2, 0.25) is 15.9 Å². The number of carbonyl (C=O) groups excluding carboxylic acids is 1. The van der Waals surface area contributed by atoms with E-state index in [2.05, 4.69) is 21.6 Å². The van der Waals surface area contributed by atoms with E-state index >= 15 is 0 Å². The third-order valence-corrected chi connectivity index (χ3v) is 5.77. The number of carbonyl (C=O) groups is 1. The number of nitrogens with zero attached hydrogens (tertiary/aromatic N) is 1. The van der Waals surface area contributed by atoms with E-state index in [0.717, 1.165) is 11.3 Å². The van der Waals surface area contributed by atoms with Gasteiger partial charge in [-0.1, -0.05) is 36.4 Å². The number of rotatable bonds is 11. The summed E-state index contributed by atoms with van der Waals surface area (Å²) < 4.78 is 31.9. The number of benzene rings is 2. The predicted octanol–water partition coefficient (Wildman–Crippen LogP) is 3.92. The first kappa shape index (κ1) is 23.9. The molecule has 8 heteroatoms. The molecule has 7 nitrogen and oxygen atoms in total. The van der Waals surface area contributed by atoms with E-state index in [1.54, 1.807) is 36.5 Å². The van der Waals surface area contributed by atoms with Crippen LogP contribution in [0.1, 0.15) is 16.8 Å². The highest BCUT2D eigenvalue weighted by Gasteiger charge is 2.10. The number of amides is 1. The molecule has 1 aromatic heterocycles. The van der Waals surface area contributed by atoms with Crippen LogP contribution in [0.4, 0.5) is 5.69 Å². The molecule has 2 aromatic carbocycles. The van der Waals surface area contributed by atoms with E-state index in [-0.39, 0.29) is 18.2 Å². The van der Waals surface area contributed by atoms with Crippen molar-refractivity contribution in [1.29, 1.82) is 0 Å². The normalized spacial score (nSPS) is 11.3. The molecule has 0 atom stereocenters. The molecular formula is C25H25N3O4S. The van der Waals surface area contributed by atoms with Gasteiger partial charge in [-0.2, -0.15) is 0 Å². The Balaban J connectivity index is 1.48. The molecule has 0 saturated heterocycles. The van der Waals surface area contributed by atoms with Gasteiger partial charge in [-0.25, -0.2) is 13.1 Å². The number of nitrogens with one attached hydrogen (secondary N) is 2. The van der Waals surface area contributed by atoms with Crippen LogP contribution >= 0.6 is 0 Å². The van der Waals surface area contributed by atoms with E-state index in [0.29, 0.717) is 23.6 Å². The predicted molar refractivity (Wildman–Crippen MR) is 130 cm³/mol. The van der Waals surface area contributed by atoms with Crippen molar-refractivity contribution in [2.45, 2.75) is 12.4 Å². The maximum absolute atomic E-state index is 12.2. The van der Waals surface area contributed by atoms with E-state index in [4.69, 9.17) is 4.74 Å². The number of hydrogen-bond donors (Lipinski definition) is 2. The number of aromatic nitrogens is 1. The molecule has 0 aliphatic rings. The highest BCUT2D eigenvalue weighted by molar-refractivity contribution is 7.88. The average molecular weight is 464 g/mol. The van der Waals surface area contributed by atoms with Gasteiger partial charge >= 0.3 is 0 Å². The number of ether oxygens (including phenoxy) is 1. The molecule has 2 N–H and O–H groups in total. The second kappa shape index (κ2) is 11.8. The summed E-state index contributed by atoms with van der Waals surface area (Å²) in [5.41, 5.74) is 2.88. The summed E-state index contributed by atoms with van der Waals surface area (Å²) in [4.78, 5) is 16.4. The summed E-state index contributed by atoms with van der Waals surface area (Å²) in [5.74, 6) is 0.277. The first-order valence-electron chi connectivity index (χ1n) is 10.2. The van der Waals surface area contributed by atoms with Gasteiger partial charge in [-0.15, -0.1) is 6.58 Å². The molecule has 33 heavy (non-hydrogen) atoms. The Morgan fingerprint density at radius 2 is 1.79 bits per heavy atom. The molecule has 3 aromatic rings. The Bertz CT molecular complexity index is 1190. The molecule has 1 amide bonds. The lowest BCUT2D eigenvalue weighted by Gasteiger charge is -2.07. The van der Waals surface area contributed by atoms with Crippen molar-refractivity contribution in [2.24, 2.45) is 0 Å². The van der Waals surface area contributed by atoms with Gasteiger partial charge in [-0.3, -0.25) is 9.78 Å². The van der Waals surface area contributed by atoms with Crippen molar-refractivity contribution in [3.05, 3.63) is 108 Å². The van der Waals surface area contributed by atoms with Crippen molar-refractivity contribution in [2.75, 3.05) is 11.9 Å². The minimum absolute atomic E-state index is 0.142. The van der Waals surface area contributed by atoms with Crippen LogP contribution in [0.2, 0.25) is 0 Å². The standard InChI is InChI=1S/C25H25N3O4S/c1-2-16-27-33(30,31)19-21-6-11-22(12-7-21)28-25(29)15-10-20-8-13-24(14-9-20)32-18-23-5-3-4-17-26-23/h2-15,17,27H,1,16,18-19H2,(H,28,29)/b15-10+. The lowest BCUT2D eigenvalue weighted by atomic mass is 10.2. The number of pyridine rings is 1. The monoisotopic (exact) mass is 463 g/mol. The van der Waals surface area contributed by atoms with Crippen molar-refractivity contribution in [3.63, 3.8) is 0 Å². The highest BCUT2D eigenvalue weighted by atomic mass is 32.2. The van der Waals surface area contributed by atoms with E-state index < -0.39 is 10.0 Å². The van der Waals surface area contributed by atoms with Gasteiger partial charge in [0.25, 0.3) is 0 Å². The maximum Gasteiger partial charge on any atom is 0.248 e. The van der Waals surface area contributed by atoms with E-state index in [1.165, 1.54) is 12.2 Å². The lowest BCUT2D eigenvalue weighted by Crippen LogP contribution is -2.25. The summed E-state index contributed by atoms with van der Waals surface area (Å²) in [5, 5.41) is 2.75. The van der Waals surface area contributed by atoms with Crippen molar-refractivity contribution in [3.8, 4) is 5.75 Å². The average Bonchev–Trinajstić information content (AvgIpc) is 2.82. The fourth-order valence-corrected chi connectivity index (χ4v) is 3.92. The molecule has 0 bridgehead atoms. The highest BCUT2D eigenvalue weighted by Crippen LogP contribution is 2.15. The zero-order valence-electron chi connectivity index (χ0n) is 18.0. The molecule has 0 aliphatic heterocycles. The van der Waals surface area contributed by atoms with Gasteiger partial charge in [0.1, 0.15) is 12.4 Å². The Morgan fingerprint density at radius 3 is 2.45 bits per heavy atom. The summed E-state index contributed by atoms with van der Waals surface area (Å²) >= 11 is 0. The summed E-state index contributed by atoms with van der Waals surface area (Å²) in [7, 11) is -3.42. The first-order valence-corrected chi connectivity index (χ1v) is 11.9. The number of hydrogen-bond acceptors (Lipinski definition) is 5. The molecule has 0 aliphatic carbocycles. The van der Waals surface area contributed by atoms with Crippen molar-refractivity contribution >= 4 is 27.7 Å². The third-order valence-electron chi connectivity index (χ3n) is 4.45. The maximum atomic E-state index is 12.2. The molecular weight excluding hydrogens is 438 g/mol. The molecule has 170 valence electrons. The van der Waals surface area contributed by atoms with Gasteiger partial charge in [0.05, 0.1) is 11.4 Å². The Hall–Kier alpha value is -3.75. The zero-order valence-corrected chi connectivity index (χ0v) is 18.8. The quantitative estimate of drug-likeness (QED) is 0.332. The molecule has 0 radical (unpaired) electrons. The van der Waals surface area contributed by atoms with Crippen molar-refractivity contribution in [1.82, 2.24) is 9.71 Å². The third kappa shape index (κ3) is 8.36. The van der Waals surface area contributed by atoms with Gasteiger partial charge in [0.15, 0.2) is 0 Å². The van der Waals surface area contributed by atoms with Crippen LogP contribution in [-0.2, 0) is 27.2 Å². The minimum Gasteiger partial charge on any atom is -0.487 e. The second-order valence-electron chi connectivity index (χ2n) is 7.09. The van der Waals surface area contributed by atoms with Gasteiger partial charge in [0, 0.05) is 24.5 Å². The van der Waals surface area contributed by atoms with Gasteiger partial charge in [-0.05, 0) is 53.6 Å². The van der Waals surface area contributed by atoms with Crippen LogP contribution < -0.4 is 14.8 Å². The molecule has 0 spiro atoms. The Morgan fingerprint density at radius 1 is 1.03 bits per heavy atom. The second-order valence-corrected chi connectivity index (χ2v) is 8.90. The topological polar surface area (TPSA) is 97.4 Å². The summed E-state index contributed by atoms with van der Waals surface area (Å²) in [6, 6.07) is 19.7. The fourth-order valence-electron chi connectivity index (χ4n) is 2.81. The summed E-state index contributed by atoms with van der Waals surface area (Å²) in [6.07, 6.45) is 6.33. The van der Waals surface area contributed by atoms with Crippen LogP contribution in [0.5, 0.6) is 5.75 Å². The van der Waals surface area contributed by atoms with E-state index in [9.17, 15) is 13.2 Å². The zero-order chi connectivity index (χ0) is 23.5. The molecule has 0 fully saturated rings. The smallest absolute Gasteiger partial charge is 0.248 e. The largest absolute Gasteiger partial charge is 0.487 e. The fraction of sp³-hybridized carbons (Fsp3) is 0.120.